The molecule has 1 amide bonds. The van der Waals surface area contributed by atoms with E-state index < -0.39 is 5.54 Å². The van der Waals surface area contributed by atoms with Crippen molar-refractivity contribution in [2.45, 2.75) is 38.8 Å². The van der Waals surface area contributed by atoms with Crippen molar-refractivity contribution < 1.29 is 9.53 Å². The van der Waals surface area contributed by atoms with Gasteiger partial charge in [-0.3, -0.25) is 9.89 Å². The maximum atomic E-state index is 12.1. The molecule has 124 valence electrons. The zero-order valence-corrected chi connectivity index (χ0v) is 13.7. The van der Waals surface area contributed by atoms with Crippen LogP contribution in [0.25, 0.3) is 11.4 Å². The minimum atomic E-state index is -0.867. The second-order valence-corrected chi connectivity index (χ2v) is 5.68. The lowest BCUT2D eigenvalue weighted by atomic mass is 9.97. The van der Waals surface area contributed by atoms with E-state index >= 15 is 0 Å². The van der Waals surface area contributed by atoms with Crippen molar-refractivity contribution >= 4 is 5.91 Å². The number of ether oxygens (including phenoxy) is 1. The molecule has 0 aliphatic rings. The van der Waals surface area contributed by atoms with Crippen molar-refractivity contribution in [2.24, 2.45) is 5.73 Å². The van der Waals surface area contributed by atoms with Crippen molar-refractivity contribution in [1.29, 1.82) is 0 Å². The van der Waals surface area contributed by atoms with E-state index in [-0.39, 0.29) is 12.5 Å². The molecule has 0 aliphatic carbocycles. The highest BCUT2D eigenvalue weighted by Gasteiger charge is 2.26. The number of amides is 1. The Bertz CT molecular complexity index is 649. The molecule has 0 radical (unpaired) electrons. The summed E-state index contributed by atoms with van der Waals surface area (Å²) in [6, 6.07) is 7.45. The van der Waals surface area contributed by atoms with E-state index in [1.807, 2.05) is 31.2 Å². The molecule has 1 heterocycles. The van der Waals surface area contributed by atoms with Gasteiger partial charge in [-0.1, -0.05) is 13.3 Å². The van der Waals surface area contributed by atoms with Crippen molar-refractivity contribution in [3.8, 4) is 17.1 Å². The molecule has 0 spiro atoms. The number of carbonyl (C=O) groups excluding carboxylic acids is 1. The summed E-state index contributed by atoms with van der Waals surface area (Å²) in [4.78, 5) is 16.4. The van der Waals surface area contributed by atoms with Gasteiger partial charge in [0.2, 0.25) is 5.91 Å². The third-order valence-corrected chi connectivity index (χ3v) is 3.58. The van der Waals surface area contributed by atoms with Crippen LogP contribution in [0.5, 0.6) is 5.75 Å². The Kier molecular flexibility index (Phi) is 5.33. The SMILES string of the molecule is CCCC(C)(N)C(=O)NCc1nc(-c2ccc(OC)cc2)n[nH]1. The zero-order chi connectivity index (χ0) is 16.9. The molecular formula is C16H23N5O2. The molecule has 0 bridgehead atoms. The first-order chi connectivity index (χ1) is 11.0. The summed E-state index contributed by atoms with van der Waals surface area (Å²) in [5, 5.41) is 9.77. The molecule has 4 N–H and O–H groups in total. The van der Waals surface area contributed by atoms with Crippen molar-refractivity contribution in [3.05, 3.63) is 30.1 Å². The predicted molar refractivity (Wildman–Crippen MR) is 87.7 cm³/mol. The van der Waals surface area contributed by atoms with Crippen LogP contribution in [0.3, 0.4) is 0 Å². The van der Waals surface area contributed by atoms with E-state index in [2.05, 4.69) is 20.5 Å². The lowest BCUT2D eigenvalue weighted by Gasteiger charge is -2.22. The molecule has 7 heteroatoms. The number of hydrogen-bond donors (Lipinski definition) is 3. The molecular weight excluding hydrogens is 294 g/mol. The van der Waals surface area contributed by atoms with Crippen LogP contribution in [0.1, 0.15) is 32.5 Å². The molecule has 0 fully saturated rings. The number of H-pyrrole nitrogens is 1. The fourth-order valence-corrected chi connectivity index (χ4v) is 2.24. The van der Waals surface area contributed by atoms with Gasteiger partial charge in [-0.15, -0.1) is 0 Å². The first kappa shape index (κ1) is 17.0. The van der Waals surface area contributed by atoms with Crippen LogP contribution in [0.2, 0.25) is 0 Å². The smallest absolute Gasteiger partial charge is 0.240 e. The number of nitrogens with one attached hydrogen (secondary N) is 2. The second-order valence-electron chi connectivity index (χ2n) is 5.68. The number of nitrogens with zero attached hydrogens (tertiary/aromatic N) is 2. The quantitative estimate of drug-likeness (QED) is 0.719. The predicted octanol–water partition coefficient (Wildman–Crippen LogP) is 1.61. The van der Waals surface area contributed by atoms with Gasteiger partial charge in [-0.2, -0.15) is 5.10 Å². The number of methoxy groups -OCH3 is 1. The van der Waals surface area contributed by atoms with Crippen LogP contribution in [-0.4, -0.2) is 33.7 Å². The van der Waals surface area contributed by atoms with Crippen LogP contribution >= 0.6 is 0 Å². The molecule has 1 unspecified atom stereocenters. The third-order valence-electron chi connectivity index (χ3n) is 3.58. The maximum Gasteiger partial charge on any atom is 0.240 e. The Labute approximate surface area is 135 Å². The van der Waals surface area contributed by atoms with Gasteiger partial charge < -0.3 is 15.8 Å². The lowest BCUT2D eigenvalue weighted by Crippen LogP contribution is -2.51. The molecule has 23 heavy (non-hydrogen) atoms. The van der Waals surface area contributed by atoms with Crippen LogP contribution < -0.4 is 15.8 Å². The summed E-state index contributed by atoms with van der Waals surface area (Å²) >= 11 is 0. The van der Waals surface area contributed by atoms with Crippen molar-refractivity contribution in [2.75, 3.05) is 7.11 Å². The minimum Gasteiger partial charge on any atom is -0.497 e. The van der Waals surface area contributed by atoms with Crippen LogP contribution in [0, 0.1) is 0 Å². The van der Waals surface area contributed by atoms with Gasteiger partial charge in [0, 0.05) is 5.56 Å². The monoisotopic (exact) mass is 317 g/mol. The minimum absolute atomic E-state index is 0.193. The highest BCUT2D eigenvalue weighted by molar-refractivity contribution is 5.85. The number of aromatic amines is 1. The molecule has 7 nitrogen and oxygen atoms in total. The van der Waals surface area contributed by atoms with E-state index in [1.54, 1.807) is 14.0 Å². The number of nitrogens with two attached hydrogens (primary N) is 1. The molecule has 2 aromatic rings. The summed E-state index contributed by atoms with van der Waals surface area (Å²) in [7, 11) is 1.62. The first-order valence-electron chi connectivity index (χ1n) is 7.59. The molecule has 0 aliphatic heterocycles. The number of aromatic nitrogens is 3. The van der Waals surface area contributed by atoms with Crippen LogP contribution in [-0.2, 0) is 11.3 Å². The number of hydrogen-bond acceptors (Lipinski definition) is 5. The van der Waals surface area contributed by atoms with Gasteiger partial charge >= 0.3 is 0 Å². The van der Waals surface area contributed by atoms with E-state index in [0.717, 1.165) is 17.7 Å². The standard InChI is InChI=1S/C16H23N5O2/c1-4-9-16(2,17)15(22)18-10-13-19-14(21-20-13)11-5-7-12(23-3)8-6-11/h5-8H,4,9-10,17H2,1-3H3,(H,18,22)(H,19,20,21). The summed E-state index contributed by atoms with van der Waals surface area (Å²) in [5.41, 5.74) is 5.99. The molecule has 2 rings (SSSR count). The summed E-state index contributed by atoms with van der Waals surface area (Å²) in [5.74, 6) is 1.73. The van der Waals surface area contributed by atoms with Gasteiger partial charge in [-0.05, 0) is 37.6 Å². The van der Waals surface area contributed by atoms with E-state index in [4.69, 9.17) is 10.5 Å². The van der Waals surface area contributed by atoms with Gasteiger partial charge in [0.25, 0.3) is 0 Å². The highest BCUT2D eigenvalue weighted by Crippen LogP contribution is 2.18. The fourth-order valence-electron chi connectivity index (χ4n) is 2.24. The maximum absolute atomic E-state index is 12.1. The number of carbonyl (C=O) groups is 1. The highest BCUT2D eigenvalue weighted by atomic mass is 16.5. The van der Waals surface area contributed by atoms with Gasteiger partial charge in [0.1, 0.15) is 11.6 Å². The van der Waals surface area contributed by atoms with Gasteiger partial charge in [0.15, 0.2) is 5.82 Å². The molecule has 1 aromatic carbocycles. The summed E-state index contributed by atoms with van der Waals surface area (Å²) in [6.07, 6.45) is 1.48. The number of benzene rings is 1. The average Bonchev–Trinajstić information content (AvgIpc) is 3.01. The fraction of sp³-hybridized carbons (Fsp3) is 0.438. The van der Waals surface area contributed by atoms with E-state index in [0.29, 0.717) is 18.1 Å². The first-order valence-corrected chi connectivity index (χ1v) is 7.59. The lowest BCUT2D eigenvalue weighted by molar-refractivity contribution is -0.126. The number of rotatable bonds is 7. The van der Waals surface area contributed by atoms with Crippen molar-refractivity contribution in [1.82, 2.24) is 20.5 Å². The Hall–Kier alpha value is -2.41. The molecule has 0 saturated heterocycles. The largest absolute Gasteiger partial charge is 0.497 e. The Morgan fingerprint density at radius 3 is 2.70 bits per heavy atom. The van der Waals surface area contributed by atoms with Crippen LogP contribution in [0.4, 0.5) is 0 Å². The normalized spacial score (nSPS) is 13.4. The second kappa shape index (κ2) is 7.23. The third kappa shape index (κ3) is 4.29. The van der Waals surface area contributed by atoms with E-state index in [1.165, 1.54) is 0 Å². The topological polar surface area (TPSA) is 106 Å². The zero-order valence-electron chi connectivity index (χ0n) is 13.7. The van der Waals surface area contributed by atoms with Crippen molar-refractivity contribution in [3.63, 3.8) is 0 Å². The average molecular weight is 317 g/mol. The van der Waals surface area contributed by atoms with Crippen LogP contribution in [0.15, 0.2) is 24.3 Å². The molecule has 0 saturated carbocycles. The summed E-state index contributed by atoms with van der Waals surface area (Å²) < 4.78 is 5.12. The van der Waals surface area contributed by atoms with Gasteiger partial charge in [-0.25, -0.2) is 4.98 Å². The Balaban J connectivity index is 1.98. The Morgan fingerprint density at radius 1 is 1.39 bits per heavy atom. The molecule has 1 atom stereocenters. The summed E-state index contributed by atoms with van der Waals surface area (Å²) in [6.45, 7) is 3.99. The Morgan fingerprint density at radius 2 is 2.09 bits per heavy atom. The molecule has 1 aromatic heterocycles. The van der Waals surface area contributed by atoms with Gasteiger partial charge in [0.05, 0.1) is 19.2 Å². The van der Waals surface area contributed by atoms with E-state index in [9.17, 15) is 4.79 Å².